The Balaban J connectivity index is 3.56. The number of carbonyl (C=O) groups is 1. The third kappa shape index (κ3) is 4.74. The number of hydrogen-bond donors (Lipinski definition) is 3. The van der Waals surface area contributed by atoms with E-state index in [2.05, 4.69) is 32.6 Å². The van der Waals surface area contributed by atoms with Gasteiger partial charge in [-0.1, -0.05) is 32.6 Å². The molecule has 1 amide bonds. The lowest BCUT2D eigenvalue weighted by molar-refractivity contribution is 0.131. The molecule has 0 saturated heterocycles. The van der Waals surface area contributed by atoms with Gasteiger partial charge in [-0.15, -0.1) is 0 Å². The van der Waals surface area contributed by atoms with Gasteiger partial charge in [0, 0.05) is 6.54 Å². The van der Waals surface area contributed by atoms with Crippen LogP contribution in [0.1, 0.15) is 26.2 Å². The van der Waals surface area contributed by atoms with Gasteiger partial charge in [0.05, 0.1) is 0 Å². The summed E-state index contributed by atoms with van der Waals surface area (Å²) in [7, 11) is 0. The highest BCUT2D eigenvalue weighted by molar-refractivity contribution is 7.81. The van der Waals surface area contributed by atoms with Crippen molar-refractivity contribution in [3.05, 3.63) is 0 Å². The Morgan fingerprint density at radius 2 is 2.00 bits per heavy atom. The summed E-state index contributed by atoms with van der Waals surface area (Å²) < 4.78 is 2.03. The SMILES string of the molecule is CCCCCN(S)N(S)C(=O)O. The van der Waals surface area contributed by atoms with Crippen LogP contribution in [0.4, 0.5) is 4.79 Å². The first kappa shape index (κ1) is 11.9. The number of nitrogens with zero attached hydrogens (tertiary/aromatic N) is 2. The van der Waals surface area contributed by atoms with Crippen molar-refractivity contribution < 1.29 is 9.90 Å². The normalized spacial score (nSPS) is 10.3. The molecule has 0 radical (unpaired) electrons. The number of carboxylic acid groups (broad SMARTS) is 1. The third-order valence-electron chi connectivity index (χ3n) is 1.35. The van der Waals surface area contributed by atoms with Crippen molar-refractivity contribution in [1.82, 2.24) is 8.83 Å². The summed E-state index contributed by atoms with van der Waals surface area (Å²) in [6.07, 6.45) is 1.97. The Bertz CT molecular complexity index is 146. The van der Waals surface area contributed by atoms with Crippen molar-refractivity contribution in [3.63, 3.8) is 0 Å². The molecule has 4 nitrogen and oxygen atoms in total. The topological polar surface area (TPSA) is 43.8 Å². The predicted molar refractivity (Wildman–Crippen MR) is 54.1 cm³/mol. The zero-order valence-corrected chi connectivity index (χ0v) is 8.76. The Kier molecular flexibility index (Phi) is 6.41. The fraction of sp³-hybridized carbons (Fsp3) is 0.833. The van der Waals surface area contributed by atoms with Crippen LogP contribution in [-0.2, 0) is 0 Å². The van der Waals surface area contributed by atoms with Gasteiger partial charge in [0.15, 0.2) is 0 Å². The highest BCUT2D eigenvalue weighted by atomic mass is 32.1. The summed E-state index contributed by atoms with van der Waals surface area (Å²) in [5, 5.41) is 8.47. The minimum absolute atomic E-state index is 0.590. The van der Waals surface area contributed by atoms with E-state index in [0.29, 0.717) is 6.54 Å². The van der Waals surface area contributed by atoms with E-state index in [9.17, 15) is 4.79 Å². The van der Waals surface area contributed by atoms with Crippen LogP contribution < -0.4 is 0 Å². The Morgan fingerprint density at radius 3 is 2.42 bits per heavy atom. The van der Waals surface area contributed by atoms with E-state index in [0.717, 1.165) is 23.7 Å². The number of hydrazine groups is 1. The third-order valence-corrected chi connectivity index (χ3v) is 2.26. The van der Waals surface area contributed by atoms with Gasteiger partial charge in [-0.05, 0) is 19.2 Å². The van der Waals surface area contributed by atoms with Gasteiger partial charge in [0.1, 0.15) is 0 Å². The summed E-state index contributed by atoms with van der Waals surface area (Å²) in [6.45, 7) is 2.67. The smallest absolute Gasteiger partial charge is 0.433 e. The first-order valence-electron chi connectivity index (χ1n) is 3.77. The molecule has 0 aliphatic rings. The molecule has 1 N–H and O–H groups in total. The second-order valence-electron chi connectivity index (χ2n) is 2.38. The average Bonchev–Trinajstić information content (AvgIpc) is 2.03. The summed E-state index contributed by atoms with van der Waals surface area (Å²) in [6, 6.07) is 0. The molecule has 12 heavy (non-hydrogen) atoms. The van der Waals surface area contributed by atoms with Crippen molar-refractivity contribution in [2.24, 2.45) is 0 Å². The Hall–Kier alpha value is -0.0700. The van der Waals surface area contributed by atoms with Crippen LogP contribution in [0.3, 0.4) is 0 Å². The van der Waals surface area contributed by atoms with Crippen molar-refractivity contribution in [3.8, 4) is 0 Å². The number of rotatable bonds is 5. The summed E-state index contributed by atoms with van der Waals surface area (Å²) >= 11 is 7.64. The molecule has 0 bridgehead atoms. The fourth-order valence-electron chi connectivity index (χ4n) is 0.697. The van der Waals surface area contributed by atoms with Crippen LogP contribution in [-0.4, -0.2) is 26.6 Å². The zero-order chi connectivity index (χ0) is 9.56. The molecule has 0 heterocycles. The molecule has 6 heteroatoms. The van der Waals surface area contributed by atoms with Crippen LogP contribution in [0.5, 0.6) is 0 Å². The molecule has 0 rings (SSSR count). The van der Waals surface area contributed by atoms with Gasteiger partial charge >= 0.3 is 6.09 Å². The lowest BCUT2D eigenvalue weighted by atomic mass is 10.2. The highest BCUT2D eigenvalue weighted by Crippen LogP contribution is 2.07. The first-order valence-corrected chi connectivity index (χ1v) is 4.57. The monoisotopic (exact) mass is 210 g/mol. The van der Waals surface area contributed by atoms with E-state index in [4.69, 9.17) is 5.11 Å². The quantitative estimate of drug-likeness (QED) is 0.370. The van der Waals surface area contributed by atoms with Crippen LogP contribution in [0.2, 0.25) is 0 Å². The molecule has 0 unspecified atom stereocenters. The highest BCUT2D eigenvalue weighted by Gasteiger charge is 2.12. The lowest BCUT2D eigenvalue weighted by Gasteiger charge is -2.21. The molecule has 0 aliphatic heterocycles. The number of amides is 1. The first-order chi connectivity index (χ1) is 5.59. The van der Waals surface area contributed by atoms with Crippen molar-refractivity contribution in [2.45, 2.75) is 26.2 Å². The van der Waals surface area contributed by atoms with E-state index >= 15 is 0 Å². The van der Waals surface area contributed by atoms with E-state index in [1.807, 2.05) is 0 Å². The maximum atomic E-state index is 10.3. The predicted octanol–water partition coefficient (Wildman–Crippen LogP) is 2.06. The van der Waals surface area contributed by atoms with Gasteiger partial charge < -0.3 is 5.11 Å². The van der Waals surface area contributed by atoms with Crippen molar-refractivity contribution in [2.75, 3.05) is 6.54 Å². The second-order valence-corrected chi connectivity index (χ2v) is 3.22. The number of thiol groups is 2. The van der Waals surface area contributed by atoms with E-state index in [1.165, 1.54) is 4.41 Å². The van der Waals surface area contributed by atoms with Gasteiger partial charge in [0.25, 0.3) is 0 Å². The molecule has 0 aromatic carbocycles. The van der Waals surface area contributed by atoms with Gasteiger partial charge in [0.2, 0.25) is 0 Å². The molecule has 0 saturated carbocycles. The van der Waals surface area contributed by atoms with Gasteiger partial charge in [-0.2, -0.15) is 8.83 Å². The van der Waals surface area contributed by atoms with Crippen molar-refractivity contribution in [1.29, 1.82) is 0 Å². The molecule has 0 spiro atoms. The molecule has 0 aromatic heterocycles. The Labute approximate surface area is 83.6 Å². The molecule has 0 aromatic rings. The van der Waals surface area contributed by atoms with Gasteiger partial charge in [-0.25, -0.2) is 4.79 Å². The maximum Gasteiger partial charge on any atom is 0.433 e. The van der Waals surface area contributed by atoms with Crippen LogP contribution in [0.15, 0.2) is 0 Å². The Morgan fingerprint density at radius 1 is 1.42 bits per heavy atom. The summed E-state index contributed by atoms with van der Waals surface area (Å²) in [5.41, 5.74) is 0. The standard InChI is InChI=1S/C6H14N2O2S2/c1-2-3-4-5-7(11)8(12)6(9)10/h11-12H,2-5H2,1H3,(H,9,10). The van der Waals surface area contributed by atoms with E-state index in [-0.39, 0.29) is 0 Å². The fourth-order valence-corrected chi connectivity index (χ4v) is 1.00. The van der Waals surface area contributed by atoms with Crippen LogP contribution in [0.25, 0.3) is 0 Å². The molecular weight excluding hydrogens is 196 g/mol. The summed E-state index contributed by atoms with van der Waals surface area (Å²) in [5.74, 6) is 0. The van der Waals surface area contributed by atoms with E-state index in [1.54, 1.807) is 0 Å². The summed E-state index contributed by atoms with van der Waals surface area (Å²) in [4.78, 5) is 10.3. The molecular formula is C6H14N2O2S2. The van der Waals surface area contributed by atoms with Gasteiger partial charge in [-0.3, -0.25) is 0 Å². The van der Waals surface area contributed by atoms with Crippen molar-refractivity contribution >= 4 is 31.7 Å². The van der Waals surface area contributed by atoms with E-state index < -0.39 is 6.09 Å². The maximum absolute atomic E-state index is 10.3. The zero-order valence-electron chi connectivity index (χ0n) is 6.97. The number of hydrogen-bond acceptors (Lipinski definition) is 4. The molecule has 72 valence electrons. The average molecular weight is 210 g/mol. The minimum atomic E-state index is -1.12. The molecule has 0 atom stereocenters. The largest absolute Gasteiger partial charge is 0.463 e. The number of unbranched alkanes of at least 4 members (excludes halogenated alkanes) is 2. The lowest BCUT2D eigenvalue weighted by Crippen LogP contribution is -2.33. The second kappa shape index (κ2) is 6.45. The molecule has 0 fully saturated rings. The van der Waals surface area contributed by atoms with Crippen LogP contribution in [0, 0.1) is 0 Å². The minimum Gasteiger partial charge on any atom is -0.463 e. The molecule has 0 aliphatic carbocycles. The van der Waals surface area contributed by atoms with Crippen LogP contribution >= 0.6 is 25.6 Å².